The van der Waals surface area contributed by atoms with Crippen LogP contribution in [-0.2, 0) is 18.6 Å². The third kappa shape index (κ3) is 3.45. The molecule has 0 amide bonds. The zero-order valence-corrected chi connectivity index (χ0v) is 13.0. The van der Waals surface area contributed by atoms with E-state index in [-0.39, 0.29) is 0 Å². The van der Waals surface area contributed by atoms with Gasteiger partial charge in [-0.2, -0.15) is 4.98 Å². The van der Waals surface area contributed by atoms with Gasteiger partial charge in [-0.05, 0) is 18.9 Å². The number of benzene rings is 1. The monoisotopic (exact) mass is 316 g/mol. The maximum atomic E-state index is 5.79. The molecule has 114 valence electrons. The van der Waals surface area contributed by atoms with Crippen LogP contribution in [0.2, 0.25) is 0 Å². The fraction of sp³-hybridized carbons (Fsp3) is 0.286. The third-order valence-corrected chi connectivity index (χ3v) is 4.08. The van der Waals surface area contributed by atoms with Crippen molar-refractivity contribution in [1.29, 1.82) is 0 Å². The van der Waals surface area contributed by atoms with Crippen molar-refractivity contribution in [2.24, 2.45) is 0 Å². The largest absolute Gasteiger partial charge is 0.338 e. The van der Waals surface area contributed by atoms with Gasteiger partial charge in [0.25, 0.3) is 0 Å². The predicted molar refractivity (Wildman–Crippen MR) is 82.6 cm³/mol. The van der Waals surface area contributed by atoms with E-state index >= 15 is 0 Å². The molecule has 3 aromatic rings. The average Bonchev–Trinajstić information content (AvgIpc) is 3.13. The lowest BCUT2D eigenvalue weighted by atomic mass is 10.1. The molecule has 0 aliphatic rings. The molecule has 3 rings (SSSR count). The number of aromatic nitrogens is 5. The lowest BCUT2D eigenvalue weighted by molar-refractivity contribution is 0.384. The normalized spacial score (nSPS) is 11.0. The number of hydrogen-bond donors (Lipinski definition) is 1. The molecule has 0 fully saturated rings. The van der Waals surface area contributed by atoms with Crippen LogP contribution < -0.4 is 5.84 Å². The SMILES string of the molecule is Cc1nnc(SCc2nc(CCc3ccccc3)no2)n1N. The first-order chi connectivity index (χ1) is 10.7. The Morgan fingerprint density at radius 2 is 2.00 bits per heavy atom. The number of thioether (sulfide) groups is 1. The van der Waals surface area contributed by atoms with E-state index in [1.54, 1.807) is 6.92 Å². The van der Waals surface area contributed by atoms with Crippen LogP contribution in [0.25, 0.3) is 0 Å². The lowest BCUT2D eigenvalue weighted by Gasteiger charge is -1.98. The molecule has 0 aliphatic carbocycles. The summed E-state index contributed by atoms with van der Waals surface area (Å²) in [5.74, 6) is 8.25. The van der Waals surface area contributed by atoms with Gasteiger partial charge < -0.3 is 10.4 Å². The Hall–Kier alpha value is -2.35. The van der Waals surface area contributed by atoms with Crippen molar-refractivity contribution < 1.29 is 4.52 Å². The second kappa shape index (κ2) is 6.61. The minimum atomic E-state index is 0.521. The molecule has 8 heteroatoms. The Morgan fingerprint density at radius 1 is 1.18 bits per heavy atom. The van der Waals surface area contributed by atoms with E-state index < -0.39 is 0 Å². The average molecular weight is 316 g/mol. The van der Waals surface area contributed by atoms with Crippen LogP contribution in [0.15, 0.2) is 40.0 Å². The Morgan fingerprint density at radius 3 is 2.73 bits per heavy atom. The van der Waals surface area contributed by atoms with Crippen molar-refractivity contribution in [2.45, 2.75) is 30.7 Å². The van der Waals surface area contributed by atoms with Gasteiger partial charge >= 0.3 is 0 Å². The molecule has 2 heterocycles. The van der Waals surface area contributed by atoms with Crippen LogP contribution in [0.1, 0.15) is 23.1 Å². The molecular weight excluding hydrogens is 300 g/mol. The summed E-state index contributed by atoms with van der Waals surface area (Å²) in [6, 6.07) is 10.2. The molecule has 0 atom stereocenters. The van der Waals surface area contributed by atoms with E-state index in [9.17, 15) is 0 Å². The standard InChI is InChI=1S/C14H16N6OS/c1-10-17-18-14(20(10)15)22-9-13-16-12(19-21-13)8-7-11-5-3-2-4-6-11/h2-6H,7-9,15H2,1H3. The van der Waals surface area contributed by atoms with Crippen molar-refractivity contribution >= 4 is 11.8 Å². The second-order valence-electron chi connectivity index (χ2n) is 4.78. The van der Waals surface area contributed by atoms with Crippen LogP contribution in [0.5, 0.6) is 0 Å². The summed E-state index contributed by atoms with van der Waals surface area (Å²) in [6.07, 6.45) is 1.65. The fourth-order valence-corrected chi connectivity index (χ4v) is 2.67. The zero-order valence-electron chi connectivity index (χ0n) is 12.1. The summed E-state index contributed by atoms with van der Waals surface area (Å²) < 4.78 is 6.68. The second-order valence-corrected chi connectivity index (χ2v) is 5.72. The smallest absolute Gasteiger partial charge is 0.237 e. The van der Waals surface area contributed by atoms with Crippen LogP contribution in [-0.4, -0.2) is 25.0 Å². The van der Waals surface area contributed by atoms with Crippen molar-refractivity contribution in [3.05, 3.63) is 53.4 Å². The van der Waals surface area contributed by atoms with Gasteiger partial charge in [-0.3, -0.25) is 0 Å². The zero-order chi connectivity index (χ0) is 15.4. The predicted octanol–water partition coefficient (Wildman–Crippen LogP) is 1.76. The number of nitrogens with zero attached hydrogens (tertiary/aromatic N) is 5. The van der Waals surface area contributed by atoms with Crippen LogP contribution in [0, 0.1) is 6.92 Å². The minimum absolute atomic E-state index is 0.521. The molecule has 1 aromatic carbocycles. The molecule has 0 bridgehead atoms. The number of nitrogen functional groups attached to an aromatic ring is 1. The minimum Gasteiger partial charge on any atom is -0.338 e. The number of aryl methyl sites for hydroxylation is 3. The topological polar surface area (TPSA) is 95.6 Å². The number of hydrogen-bond acceptors (Lipinski definition) is 7. The quantitative estimate of drug-likeness (QED) is 0.547. The first-order valence-corrected chi connectivity index (χ1v) is 7.86. The molecule has 22 heavy (non-hydrogen) atoms. The molecule has 0 radical (unpaired) electrons. The van der Waals surface area contributed by atoms with E-state index in [1.807, 2.05) is 18.2 Å². The molecule has 0 saturated heterocycles. The van der Waals surface area contributed by atoms with E-state index in [0.717, 1.165) is 12.8 Å². The molecule has 2 N–H and O–H groups in total. The van der Waals surface area contributed by atoms with Gasteiger partial charge in [-0.15, -0.1) is 10.2 Å². The van der Waals surface area contributed by atoms with Gasteiger partial charge in [0.1, 0.15) is 5.82 Å². The van der Waals surface area contributed by atoms with E-state index in [4.69, 9.17) is 10.4 Å². The van der Waals surface area contributed by atoms with Gasteiger partial charge in [0.2, 0.25) is 11.0 Å². The van der Waals surface area contributed by atoms with Crippen molar-refractivity contribution in [1.82, 2.24) is 25.0 Å². The van der Waals surface area contributed by atoms with Crippen LogP contribution in [0.4, 0.5) is 0 Å². The van der Waals surface area contributed by atoms with Gasteiger partial charge in [0.05, 0.1) is 5.75 Å². The van der Waals surface area contributed by atoms with Crippen molar-refractivity contribution in [3.8, 4) is 0 Å². The van der Waals surface area contributed by atoms with E-state index in [1.165, 1.54) is 22.0 Å². The Balaban J connectivity index is 1.54. The third-order valence-electron chi connectivity index (χ3n) is 3.15. The Kier molecular flexibility index (Phi) is 4.38. The number of rotatable bonds is 6. The van der Waals surface area contributed by atoms with Crippen LogP contribution >= 0.6 is 11.8 Å². The number of nitrogens with two attached hydrogens (primary N) is 1. The molecule has 0 aliphatic heterocycles. The molecule has 7 nitrogen and oxygen atoms in total. The van der Waals surface area contributed by atoms with E-state index in [0.29, 0.717) is 28.4 Å². The fourth-order valence-electron chi connectivity index (χ4n) is 1.93. The highest BCUT2D eigenvalue weighted by molar-refractivity contribution is 7.98. The summed E-state index contributed by atoms with van der Waals surface area (Å²) in [4.78, 5) is 4.38. The molecular formula is C14H16N6OS. The van der Waals surface area contributed by atoms with Crippen molar-refractivity contribution in [3.63, 3.8) is 0 Å². The first kappa shape index (κ1) is 14.6. The van der Waals surface area contributed by atoms with Gasteiger partial charge in [0, 0.05) is 6.42 Å². The Labute approximate surface area is 131 Å². The molecule has 0 spiro atoms. The lowest BCUT2D eigenvalue weighted by Crippen LogP contribution is -2.11. The van der Waals surface area contributed by atoms with Gasteiger partial charge in [-0.1, -0.05) is 47.3 Å². The first-order valence-electron chi connectivity index (χ1n) is 6.87. The highest BCUT2D eigenvalue weighted by atomic mass is 32.2. The highest BCUT2D eigenvalue weighted by Gasteiger charge is 2.11. The summed E-state index contributed by atoms with van der Waals surface area (Å²) >= 11 is 1.42. The van der Waals surface area contributed by atoms with Gasteiger partial charge in [0.15, 0.2) is 5.82 Å². The summed E-state index contributed by atoms with van der Waals surface area (Å²) in [5, 5.41) is 12.5. The molecule has 2 aromatic heterocycles. The van der Waals surface area contributed by atoms with E-state index in [2.05, 4.69) is 32.5 Å². The molecule has 0 unspecified atom stereocenters. The summed E-state index contributed by atoms with van der Waals surface area (Å²) in [5.41, 5.74) is 1.26. The molecule has 0 saturated carbocycles. The van der Waals surface area contributed by atoms with Gasteiger partial charge in [-0.25, -0.2) is 4.68 Å². The summed E-state index contributed by atoms with van der Waals surface area (Å²) in [7, 11) is 0. The maximum Gasteiger partial charge on any atom is 0.237 e. The highest BCUT2D eigenvalue weighted by Crippen LogP contribution is 2.19. The maximum absolute atomic E-state index is 5.79. The van der Waals surface area contributed by atoms with Crippen molar-refractivity contribution in [2.75, 3.05) is 5.84 Å². The Bertz CT molecular complexity index is 739. The van der Waals surface area contributed by atoms with Crippen LogP contribution in [0.3, 0.4) is 0 Å². The summed E-state index contributed by atoms with van der Waals surface area (Å²) in [6.45, 7) is 1.80.